The molecule has 192 valence electrons. The quantitative estimate of drug-likeness (QED) is 0.180. The van der Waals surface area contributed by atoms with E-state index in [0.717, 1.165) is 53.0 Å². The Kier molecular flexibility index (Phi) is 9.38. The monoisotopic (exact) mass is 514 g/mol. The van der Waals surface area contributed by atoms with Crippen LogP contribution >= 0.6 is 11.8 Å². The maximum Gasteiger partial charge on any atom is 0.220 e. The third kappa shape index (κ3) is 7.46. The molecule has 0 bridgehead atoms. The Morgan fingerprint density at radius 3 is 2.43 bits per heavy atom. The summed E-state index contributed by atoms with van der Waals surface area (Å²) in [5, 5.41) is 12.9. The predicted octanol–water partition coefficient (Wildman–Crippen LogP) is 6.21. The maximum atomic E-state index is 12.4. The number of hydrogen-bond donors (Lipinski definition) is 1. The van der Waals surface area contributed by atoms with Gasteiger partial charge in [-0.1, -0.05) is 77.5 Å². The minimum absolute atomic E-state index is 0.0418. The van der Waals surface area contributed by atoms with Crippen LogP contribution in [0.3, 0.4) is 0 Å². The fourth-order valence-electron chi connectivity index (χ4n) is 4.39. The molecular weight excluding hydrogens is 480 g/mol. The highest BCUT2D eigenvalue weighted by molar-refractivity contribution is 7.98. The Labute approximate surface area is 223 Å². The Balaban J connectivity index is 1.34. The van der Waals surface area contributed by atoms with Crippen molar-refractivity contribution in [1.29, 1.82) is 0 Å². The molecule has 1 aromatic heterocycles. The second kappa shape index (κ2) is 13.1. The first-order valence-electron chi connectivity index (χ1n) is 12.6. The summed E-state index contributed by atoms with van der Waals surface area (Å²) in [6.07, 6.45) is 2.87. The molecule has 4 aromatic rings. The summed E-state index contributed by atoms with van der Waals surface area (Å²) in [5.74, 6) is 2.58. The van der Waals surface area contributed by atoms with Gasteiger partial charge in [0, 0.05) is 36.4 Å². The van der Waals surface area contributed by atoms with Gasteiger partial charge in [-0.05, 0) is 50.5 Å². The molecule has 6 nitrogen and oxygen atoms in total. The van der Waals surface area contributed by atoms with E-state index in [1.807, 2.05) is 42.5 Å². The van der Waals surface area contributed by atoms with Gasteiger partial charge in [-0.25, -0.2) is 0 Å². The van der Waals surface area contributed by atoms with Gasteiger partial charge in [0.25, 0.3) is 0 Å². The van der Waals surface area contributed by atoms with Gasteiger partial charge >= 0.3 is 0 Å². The van der Waals surface area contributed by atoms with Crippen molar-refractivity contribution in [1.82, 2.24) is 20.1 Å². The van der Waals surface area contributed by atoms with E-state index in [9.17, 15) is 4.79 Å². The predicted molar refractivity (Wildman–Crippen MR) is 149 cm³/mol. The highest BCUT2D eigenvalue weighted by Crippen LogP contribution is 2.27. The number of hydrogen-bond acceptors (Lipinski definition) is 5. The Morgan fingerprint density at radius 1 is 0.946 bits per heavy atom. The van der Waals surface area contributed by atoms with Crippen LogP contribution in [0.4, 0.5) is 0 Å². The number of amides is 1. The Morgan fingerprint density at radius 2 is 1.68 bits per heavy atom. The first kappa shape index (κ1) is 26.5. The lowest BCUT2D eigenvalue weighted by atomic mass is 10.1. The molecule has 0 aliphatic rings. The number of unbranched alkanes of at least 4 members (excludes halogenated alkanes) is 1. The van der Waals surface area contributed by atoms with Crippen LogP contribution in [-0.4, -0.2) is 27.8 Å². The van der Waals surface area contributed by atoms with Crippen LogP contribution in [-0.2, 0) is 23.5 Å². The van der Waals surface area contributed by atoms with Crippen LogP contribution in [0.25, 0.3) is 5.69 Å². The maximum absolute atomic E-state index is 12.4. The lowest BCUT2D eigenvalue weighted by Gasteiger charge is -2.11. The fourth-order valence-corrected chi connectivity index (χ4v) is 5.29. The van der Waals surface area contributed by atoms with Gasteiger partial charge in [0.1, 0.15) is 11.6 Å². The minimum Gasteiger partial charge on any atom is -0.496 e. The molecule has 7 heteroatoms. The average molecular weight is 515 g/mol. The molecule has 0 aliphatic heterocycles. The highest BCUT2D eigenvalue weighted by Gasteiger charge is 2.15. The molecule has 0 aliphatic carbocycles. The number of thioether (sulfide) groups is 1. The summed E-state index contributed by atoms with van der Waals surface area (Å²) in [7, 11) is 1.64. The van der Waals surface area contributed by atoms with Crippen molar-refractivity contribution in [2.75, 3.05) is 7.11 Å². The SMILES string of the molecule is COc1ccccc1CNC(=O)CCCCc1nnc(SCc2cc(C)cc(C)c2)n1-c1ccccc1. The molecule has 0 radical (unpaired) electrons. The first-order chi connectivity index (χ1) is 18.0. The second-order valence-corrected chi connectivity index (χ2v) is 10.1. The zero-order chi connectivity index (χ0) is 26.0. The molecule has 0 fully saturated rings. The van der Waals surface area contributed by atoms with Gasteiger partial charge in [-0.15, -0.1) is 10.2 Å². The number of ether oxygens (including phenoxy) is 1. The molecule has 1 amide bonds. The van der Waals surface area contributed by atoms with Crippen molar-refractivity contribution in [2.45, 2.75) is 57.0 Å². The lowest BCUT2D eigenvalue weighted by molar-refractivity contribution is -0.121. The van der Waals surface area contributed by atoms with Crippen LogP contribution < -0.4 is 10.1 Å². The number of nitrogens with zero attached hydrogens (tertiary/aromatic N) is 3. The molecule has 4 rings (SSSR count). The number of carbonyl (C=O) groups excluding carboxylic acids is 1. The van der Waals surface area contributed by atoms with Gasteiger partial charge in [0.2, 0.25) is 5.91 Å². The van der Waals surface area contributed by atoms with Crippen LogP contribution in [0, 0.1) is 13.8 Å². The van der Waals surface area contributed by atoms with Gasteiger partial charge in [-0.3, -0.25) is 9.36 Å². The second-order valence-electron chi connectivity index (χ2n) is 9.15. The average Bonchev–Trinajstić information content (AvgIpc) is 3.31. The van der Waals surface area contributed by atoms with Crippen LogP contribution in [0.5, 0.6) is 5.75 Å². The highest BCUT2D eigenvalue weighted by atomic mass is 32.2. The van der Waals surface area contributed by atoms with Crippen molar-refractivity contribution < 1.29 is 9.53 Å². The third-order valence-corrected chi connectivity index (χ3v) is 7.09. The summed E-state index contributed by atoms with van der Waals surface area (Å²) in [4.78, 5) is 12.4. The van der Waals surface area contributed by atoms with E-state index in [1.165, 1.54) is 16.7 Å². The number of aryl methyl sites for hydroxylation is 3. The molecule has 1 N–H and O–H groups in total. The van der Waals surface area contributed by atoms with Gasteiger partial charge in [0.15, 0.2) is 5.16 Å². The first-order valence-corrected chi connectivity index (χ1v) is 13.6. The number of rotatable bonds is 12. The summed E-state index contributed by atoms with van der Waals surface area (Å²) < 4.78 is 7.51. The van der Waals surface area contributed by atoms with Gasteiger partial charge < -0.3 is 10.1 Å². The van der Waals surface area contributed by atoms with Gasteiger partial charge in [-0.2, -0.15) is 0 Å². The zero-order valence-corrected chi connectivity index (χ0v) is 22.6. The van der Waals surface area contributed by atoms with Crippen molar-refractivity contribution in [3.05, 3.63) is 101 Å². The molecule has 0 spiro atoms. The van der Waals surface area contributed by atoms with Crippen LogP contribution in [0.15, 0.2) is 78.0 Å². The van der Waals surface area contributed by atoms with Crippen molar-refractivity contribution in [3.8, 4) is 11.4 Å². The smallest absolute Gasteiger partial charge is 0.220 e. The molecule has 0 unspecified atom stereocenters. The number of methoxy groups -OCH3 is 1. The van der Waals surface area contributed by atoms with E-state index in [0.29, 0.717) is 13.0 Å². The molecule has 0 saturated heterocycles. The molecule has 37 heavy (non-hydrogen) atoms. The third-order valence-electron chi connectivity index (χ3n) is 6.09. The van der Waals surface area contributed by atoms with Crippen LogP contribution in [0.1, 0.15) is 47.3 Å². The van der Waals surface area contributed by atoms with Crippen molar-refractivity contribution in [2.24, 2.45) is 0 Å². The zero-order valence-electron chi connectivity index (χ0n) is 21.7. The van der Waals surface area contributed by atoms with E-state index in [2.05, 4.69) is 64.3 Å². The topological polar surface area (TPSA) is 69.0 Å². The standard InChI is InChI=1S/C30H34N4O2S/c1-22-17-23(2)19-24(18-22)21-37-30-33-32-28(34(30)26-12-5-4-6-13-26)15-9-10-16-29(35)31-20-25-11-7-8-14-27(25)36-3/h4-8,11-14,17-19H,9-10,15-16,20-21H2,1-3H3,(H,31,35). The minimum atomic E-state index is 0.0418. The van der Waals surface area contributed by atoms with Gasteiger partial charge in [0.05, 0.1) is 7.11 Å². The number of para-hydroxylation sites is 2. The summed E-state index contributed by atoms with van der Waals surface area (Å²) in [6.45, 7) is 4.72. The van der Waals surface area contributed by atoms with E-state index < -0.39 is 0 Å². The number of carbonyl (C=O) groups is 1. The lowest BCUT2D eigenvalue weighted by Crippen LogP contribution is -2.22. The molecule has 0 atom stereocenters. The van der Waals surface area contributed by atoms with Crippen molar-refractivity contribution in [3.63, 3.8) is 0 Å². The van der Waals surface area contributed by atoms with E-state index in [-0.39, 0.29) is 5.91 Å². The van der Waals surface area contributed by atoms with Crippen molar-refractivity contribution >= 4 is 17.7 Å². The summed E-state index contributed by atoms with van der Waals surface area (Å²) in [5.41, 5.74) is 5.85. The normalized spacial score (nSPS) is 10.9. The number of aromatic nitrogens is 3. The van der Waals surface area contributed by atoms with E-state index >= 15 is 0 Å². The fraction of sp³-hybridized carbons (Fsp3) is 0.300. The molecule has 0 saturated carbocycles. The molecule has 3 aromatic carbocycles. The molecular formula is C30H34N4O2S. The summed E-state index contributed by atoms with van der Waals surface area (Å²) >= 11 is 1.70. The van der Waals surface area contributed by atoms with E-state index in [1.54, 1.807) is 18.9 Å². The number of benzene rings is 3. The molecule has 1 heterocycles. The summed E-state index contributed by atoms with van der Waals surface area (Å²) in [6, 6.07) is 24.6. The number of nitrogens with one attached hydrogen (secondary N) is 1. The Hall–Kier alpha value is -3.58. The van der Waals surface area contributed by atoms with E-state index in [4.69, 9.17) is 4.74 Å². The largest absolute Gasteiger partial charge is 0.496 e. The van der Waals surface area contributed by atoms with Crippen LogP contribution in [0.2, 0.25) is 0 Å². The Bertz CT molecular complexity index is 1300.